The number of hydrogen-bond acceptors (Lipinski definition) is 4. The van der Waals surface area contributed by atoms with Crippen LogP contribution >= 0.6 is 0 Å². The van der Waals surface area contributed by atoms with Gasteiger partial charge in [0.1, 0.15) is 0 Å². The SMILES string of the molecule is CCN(CC(=O)NC)CC(=O)Nc1c(C)cccc1N. The Labute approximate surface area is 119 Å². The second kappa shape index (κ2) is 7.49. The fourth-order valence-electron chi connectivity index (χ4n) is 1.80. The van der Waals surface area contributed by atoms with Crippen LogP contribution in [-0.4, -0.2) is 43.4 Å². The number of benzene rings is 1. The first-order chi connectivity index (χ1) is 9.47. The summed E-state index contributed by atoms with van der Waals surface area (Å²) < 4.78 is 0. The number of carbonyl (C=O) groups excluding carboxylic acids is 2. The second-order valence-corrected chi connectivity index (χ2v) is 4.56. The molecule has 0 spiro atoms. The van der Waals surface area contributed by atoms with Crippen LogP contribution in [0.15, 0.2) is 18.2 Å². The molecule has 0 aliphatic heterocycles. The van der Waals surface area contributed by atoms with E-state index in [4.69, 9.17) is 5.73 Å². The van der Waals surface area contributed by atoms with Crippen molar-refractivity contribution in [2.24, 2.45) is 0 Å². The molecule has 0 aliphatic carbocycles. The van der Waals surface area contributed by atoms with Gasteiger partial charge in [0.25, 0.3) is 0 Å². The van der Waals surface area contributed by atoms with Crippen molar-refractivity contribution in [2.45, 2.75) is 13.8 Å². The average Bonchev–Trinajstić information content (AvgIpc) is 2.42. The number of nitrogens with one attached hydrogen (secondary N) is 2. The van der Waals surface area contributed by atoms with E-state index in [0.29, 0.717) is 17.9 Å². The van der Waals surface area contributed by atoms with E-state index in [0.717, 1.165) is 5.56 Å². The predicted molar refractivity (Wildman–Crippen MR) is 80.4 cm³/mol. The number of carbonyl (C=O) groups is 2. The molecule has 1 rings (SSSR count). The Balaban J connectivity index is 2.64. The summed E-state index contributed by atoms with van der Waals surface area (Å²) in [6.07, 6.45) is 0. The van der Waals surface area contributed by atoms with Gasteiger partial charge in [-0.2, -0.15) is 0 Å². The molecule has 4 N–H and O–H groups in total. The Bertz CT molecular complexity index is 468. The Morgan fingerprint density at radius 1 is 1.25 bits per heavy atom. The van der Waals surface area contributed by atoms with Crippen molar-refractivity contribution in [2.75, 3.05) is 37.7 Å². The van der Waals surface area contributed by atoms with Gasteiger partial charge in [0.2, 0.25) is 11.8 Å². The van der Waals surface area contributed by atoms with Gasteiger partial charge in [-0.1, -0.05) is 19.1 Å². The maximum atomic E-state index is 12.0. The van der Waals surface area contributed by atoms with Gasteiger partial charge in [0, 0.05) is 7.05 Å². The molecule has 6 heteroatoms. The largest absolute Gasteiger partial charge is 0.397 e. The van der Waals surface area contributed by atoms with E-state index in [1.54, 1.807) is 18.0 Å². The summed E-state index contributed by atoms with van der Waals surface area (Å²) in [6, 6.07) is 5.46. The number of anilines is 2. The summed E-state index contributed by atoms with van der Waals surface area (Å²) in [5, 5.41) is 5.34. The molecular formula is C14H22N4O2. The summed E-state index contributed by atoms with van der Waals surface area (Å²) in [5.41, 5.74) is 7.92. The van der Waals surface area contributed by atoms with Gasteiger partial charge >= 0.3 is 0 Å². The third kappa shape index (κ3) is 4.55. The molecular weight excluding hydrogens is 256 g/mol. The monoisotopic (exact) mass is 278 g/mol. The summed E-state index contributed by atoms with van der Waals surface area (Å²) in [4.78, 5) is 25.1. The molecule has 6 nitrogen and oxygen atoms in total. The number of para-hydroxylation sites is 1. The van der Waals surface area contributed by atoms with Crippen molar-refractivity contribution < 1.29 is 9.59 Å². The van der Waals surface area contributed by atoms with Crippen LogP contribution in [0.3, 0.4) is 0 Å². The van der Waals surface area contributed by atoms with Crippen LogP contribution in [0, 0.1) is 6.92 Å². The van der Waals surface area contributed by atoms with Crippen molar-refractivity contribution in [1.82, 2.24) is 10.2 Å². The zero-order chi connectivity index (χ0) is 15.1. The molecule has 0 atom stereocenters. The lowest BCUT2D eigenvalue weighted by atomic mass is 10.1. The molecule has 0 unspecified atom stereocenters. The lowest BCUT2D eigenvalue weighted by Crippen LogP contribution is -2.40. The molecule has 0 aliphatic rings. The van der Waals surface area contributed by atoms with E-state index in [1.165, 1.54) is 0 Å². The van der Waals surface area contributed by atoms with Crippen molar-refractivity contribution >= 4 is 23.2 Å². The number of aryl methyl sites for hydroxylation is 1. The van der Waals surface area contributed by atoms with Crippen LogP contribution < -0.4 is 16.4 Å². The van der Waals surface area contributed by atoms with Gasteiger partial charge in [-0.05, 0) is 25.1 Å². The van der Waals surface area contributed by atoms with Crippen LogP contribution in [0.25, 0.3) is 0 Å². The zero-order valence-corrected chi connectivity index (χ0v) is 12.2. The van der Waals surface area contributed by atoms with Crippen LogP contribution in [0.2, 0.25) is 0 Å². The highest BCUT2D eigenvalue weighted by molar-refractivity contribution is 5.96. The van der Waals surface area contributed by atoms with Crippen LogP contribution in [-0.2, 0) is 9.59 Å². The Hall–Kier alpha value is -2.08. The number of hydrogen-bond donors (Lipinski definition) is 3. The molecule has 0 fully saturated rings. The number of nitrogens with zero attached hydrogens (tertiary/aromatic N) is 1. The standard InChI is InChI=1S/C14H22N4O2/c1-4-18(8-12(19)16-3)9-13(20)17-14-10(2)6-5-7-11(14)15/h5-7H,4,8-9,15H2,1-3H3,(H,16,19)(H,17,20). The summed E-state index contributed by atoms with van der Waals surface area (Å²) in [6.45, 7) is 4.75. The first-order valence-corrected chi connectivity index (χ1v) is 6.55. The maximum absolute atomic E-state index is 12.0. The molecule has 0 radical (unpaired) electrons. The second-order valence-electron chi connectivity index (χ2n) is 4.56. The fraction of sp³-hybridized carbons (Fsp3) is 0.429. The Morgan fingerprint density at radius 2 is 1.90 bits per heavy atom. The minimum atomic E-state index is -0.184. The van der Waals surface area contributed by atoms with Gasteiger partial charge in [0.05, 0.1) is 24.5 Å². The fourth-order valence-corrected chi connectivity index (χ4v) is 1.80. The van der Waals surface area contributed by atoms with E-state index in [9.17, 15) is 9.59 Å². The van der Waals surface area contributed by atoms with E-state index in [1.807, 2.05) is 26.0 Å². The van der Waals surface area contributed by atoms with Crippen LogP contribution in [0.1, 0.15) is 12.5 Å². The summed E-state index contributed by atoms with van der Waals surface area (Å²) in [7, 11) is 1.57. The number of nitrogen functional groups attached to an aromatic ring is 1. The van der Waals surface area contributed by atoms with Crippen molar-refractivity contribution in [3.8, 4) is 0 Å². The van der Waals surface area contributed by atoms with E-state index in [-0.39, 0.29) is 24.9 Å². The van der Waals surface area contributed by atoms with Crippen molar-refractivity contribution in [3.63, 3.8) is 0 Å². The lowest BCUT2D eigenvalue weighted by Gasteiger charge is -2.19. The van der Waals surface area contributed by atoms with Gasteiger partial charge in [-0.3, -0.25) is 14.5 Å². The molecule has 0 saturated carbocycles. The molecule has 1 aromatic rings. The van der Waals surface area contributed by atoms with Crippen molar-refractivity contribution in [3.05, 3.63) is 23.8 Å². The molecule has 0 saturated heterocycles. The third-order valence-electron chi connectivity index (χ3n) is 3.03. The highest BCUT2D eigenvalue weighted by Gasteiger charge is 2.13. The summed E-state index contributed by atoms with van der Waals surface area (Å²) >= 11 is 0. The van der Waals surface area contributed by atoms with Crippen molar-refractivity contribution in [1.29, 1.82) is 0 Å². The number of likely N-dealkylation sites (N-methyl/N-ethyl adjacent to an activating group) is 2. The van der Waals surface area contributed by atoms with Crippen LogP contribution in [0.5, 0.6) is 0 Å². The van der Waals surface area contributed by atoms with Gasteiger partial charge < -0.3 is 16.4 Å². The highest BCUT2D eigenvalue weighted by Crippen LogP contribution is 2.22. The first-order valence-electron chi connectivity index (χ1n) is 6.55. The zero-order valence-electron chi connectivity index (χ0n) is 12.2. The smallest absolute Gasteiger partial charge is 0.238 e. The topological polar surface area (TPSA) is 87.5 Å². The minimum absolute atomic E-state index is 0.116. The highest BCUT2D eigenvalue weighted by atomic mass is 16.2. The molecule has 1 aromatic carbocycles. The number of rotatable bonds is 6. The molecule has 110 valence electrons. The summed E-state index contributed by atoms with van der Waals surface area (Å²) in [5.74, 6) is -0.299. The number of amides is 2. The Kier molecular flexibility index (Phi) is 5.99. The first kappa shape index (κ1) is 16.0. The maximum Gasteiger partial charge on any atom is 0.238 e. The van der Waals surface area contributed by atoms with Gasteiger partial charge in [-0.25, -0.2) is 0 Å². The predicted octanol–water partition coefficient (Wildman–Crippen LogP) is 0.584. The lowest BCUT2D eigenvalue weighted by molar-refractivity contribution is -0.123. The molecule has 0 heterocycles. The van der Waals surface area contributed by atoms with E-state index < -0.39 is 0 Å². The normalized spacial score (nSPS) is 10.4. The minimum Gasteiger partial charge on any atom is -0.397 e. The molecule has 20 heavy (non-hydrogen) atoms. The molecule has 2 amide bonds. The van der Waals surface area contributed by atoms with E-state index in [2.05, 4.69) is 10.6 Å². The van der Waals surface area contributed by atoms with Gasteiger partial charge in [-0.15, -0.1) is 0 Å². The van der Waals surface area contributed by atoms with E-state index >= 15 is 0 Å². The third-order valence-corrected chi connectivity index (χ3v) is 3.03. The quantitative estimate of drug-likeness (QED) is 0.664. The van der Waals surface area contributed by atoms with Gasteiger partial charge in [0.15, 0.2) is 0 Å². The van der Waals surface area contributed by atoms with Crippen LogP contribution in [0.4, 0.5) is 11.4 Å². The molecule has 0 bridgehead atoms. The number of nitrogens with two attached hydrogens (primary N) is 1. The molecule has 0 aromatic heterocycles. The average molecular weight is 278 g/mol. The Morgan fingerprint density at radius 3 is 2.45 bits per heavy atom.